The summed E-state index contributed by atoms with van der Waals surface area (Å²) in [5.74, 6) is 0. The first-order valence-corrected chi connectivity index (χ1v) is 18.1. The summed E-state index contributed by atoms with van der Waals surface area (Å²) in [4.78, 5) is 0. The van der Waals surface area contributed by atoms with E-state index in [2.05, 4.69) is 105 Å². The second kappa shape index (κ2) is 21.7. The van der Waals surface area contributed by atoms with Gasteiger partial charge in [-0.2, -0.15) is 10.2 Å². The van der Waals surface area contributed by atoms with Crippen LogP contribution >= 0.6 is 0 Å². The maximum Gasteiger partial charge on any atom is 0.0862 e. The average molecular weight is 593 g/mol. The third-order valence-corrected chi connectivity index (χ3v) is 8.80. The molecule has 3 rings (SSSR count). The van der Waals surface area contributed by atoms with E-state index < -0.39 is 0 Å². The number of rotatable bonds is 22. The lowest BCUT2D eigenvalue weighted by molar-refractivity contribution is 0.606. The topological polar surface area (TPSA) is 24.7 Å². The quantitative estimate of drug-likeness (QED) is 0.0819. The van der Waals surface area contributed by atoms with E-state index in [0.717, 1.165) is 31.4 Å². The van der Waals surface area contributed by atoms with Crippen molar-refractivity contribution in [3.05, 3.63) is 94.7 Å². The van der Waals surface area contributed by atoms with Gasteiger partial charge in [-0.1, -0.05) is 141 Å². The molecule has 238 valence electrons. The molecule has 0 saturated carbocycles. The molecule has 0 radical (unpaired) electrons. The van der Waals surface area contributed by atoms with Crippen molar-refractivity contribution in [2.24, 2.45) is 10.2 Å². The van der Waals surface area contributed by atoms with Gasteiger partial charge in [0.2, 0.25) is 0 Å². The minimum atomic E-state index is 0.970. The fourth-order valence-corrected chi connectivity index (χ4v) is 6.17. The van der Waals surface area contributed by atoms with Crippen LogP contribution in [-0.4, -0.2) is 0 Å². The molecular weight excluding hydrogens is 532 g/mol. The second-order valence-electron chi connectivity index (χ2n) is 12.6. The Labute approximate surface area is 270 Å². The monoisotopic (exact) mass is 592 g/mol. The van der Waals surface area contributed by atoms with Crippen LogP contribution in [0.2, 0.25) is 0 Å². The zero-order valence-corrected chi connectivity index (χ0v) is 28.6. The van der Waals surface area contributed by atoms with E-state index in [4.69, 9.17) is 0 Å². The Morgan fingerprint density at radius 3 is 1.89 bits per heavy atom. The molecule has 2 heteroatoms. The van der Waals surface area contributed by atoms with Gasteiger partial charge >= 0.3 is 0 Å². The molecule has 0 heterocycles. The number of unbranched alkanes of at least 4 members (excludes halogenated alkanes) is 11. The Morgan fingerprint density at radius 1 is 0.568 bits per heavy atom. The van der Waals surface area contributed by atoms with E-state index in [1.54, 1.807) is 5.56 Å². The molecule has 3 aromatic carbocycles. The highest BCUT2D eigenvalue weighted by Crippen LogP contribution is 2.31. The van der Waals surface area contributed by atoms with Crippen molar-refractivity contribution in [3.8, 4) is 11.1 Å². The van der Waals surface area contributed by atoms with Crippen LogP contribution in [0.25, 0.3) is 17.2 Å². The number of benzene rings is 3. The summed E-state index contributed by atoms with van der Waals surface area (Å²) in [5.41, 5.74) is 10.7. The van der Waals surface area contributed by atoms with E-state index in [0.29, 0.717) is 0 Å². The fourth-order valence-electron chi connectivity index (χ4n) is 6.17. The van der Waals surface area contributed by atoms with Crippen LogP contribution in [-0.2, 0) is 25.7 Å². The van der Waals surface area contributed by atoms with Crippen molar-refractivity contribution in [1.29, 1.82) is 0 Å². The Balaban J connectivity index is 1.78. The SMILES string of the molecule is CCCCCCCCc1cc(CC)cc(N=NC=Cc2cc(CCCC)c(CCCCCCCC)c(-c3ccccc3)c2)c1. The van der Waals surface area contributed by atoms with E-state index in [9.17, 15) is 0 Å². The summed E-state index contributed by atoms with van der Waals surface area (Å²) >= 11 is 0. The highest BCUT2D eigenvalue weighted by atomic mass is 15.1. The molecule has 44 heavy (non-hydrogen) atoms. The molecule has 0 aliphatic carbocycles. The summed E-state index contributed by atoms with van der Waals surface area (Å²) in [6, 6.07) is 22.5. The maximum atomic E-state index is 4.64. The molecule has 2 nitrogen and oxygen atoms in total. The first-order chi connectivity index (χ1) is 21.7. The third-order valence-electron chi connectivity index (χ3n) is 8.80. The molecule has 0 aromatic heterocycles. The van der Waals surface area contributed by atoms with Gasteiger partial charge in [-0.05, 0) is 108 Å². The Kier molecular flexibility index (Phi) is 17.5. The molecule has 0 spiro atoms. The minimum Gasteiger partial charge on any atom is -0.159 e. The average Bonchev–Trinajstić information content (AvgIpc) is 3.06. The normalized spacial score (nSPS) is 11.7. The lowest BCUT2D eigenvalue weighted by Crippen LogP contribution is -2.00. The molecule has 0 aliphatic rings. The first-order valence-electron chi connectivity index (χ1n) is 18.1. The van der Waals surface area contributed by atoms with E-state index in [1.165, 1.54) is 123 Å². The van der Waals surface area contributed by atoms with Gasteiger partial charge in [-0.15, -0.1) is 0 Å². The summed E-state index contributed by atoms with van der Waals surface area (Å²) < 4.78 is 0. The van der Waals surface area contributed by atoms with Crippen molar-refractivity contribution in [1.82, 2.24) is 0 Å². The fraction of sp³-hybridized carbons (Fsp3) is 0.524. The number of hydrogen-bond donors (Lipinski definition) is 0. The lowest BCUT2D eigenvalue weighted by atomic mass is 9.87. The van der Waals surface area contributed by atoms with Crippen molar-refractivity contribution >= 4 is 11.8 Å². The van der Waals surface area contributed by atoms with Gasteiger partial charge in [0.1, 0.15) is 0 Å². The molecule has 0 unspecified atom stereocenters. The van der Waals surface area contributed by atoms with Gasteiger partial charge in [0.25, 0.3) is 0 Å². The number of hydrogen-bond acceptors (Lipinski definition) is 2. The van der Waals surface area contributed by atoms with Crippen LogP contribution in [0.3, 0.4) is 0 Å². The molecule has 0 fully saturated rings. The molecule has 0 N–H and O–H groups in total. The van der Waals surface area contributed by atoms with Crippen molar-refractivity contribution in [2.45, 2.75) is 143 Å². The van der Waals surface area contributed by atoms with Gasteiger partial charge in [0.15, 0.2) is 0 Å². The maximum absolute atomic E-state index is 4.64. The van der Waals surface area contributed by atoms with Gasteiger partial charge in [-0.3, -0.25) is 0 Å². The smallest absolute Gasteiger partial charge is 0.0862 e. The van der Waals surface area contributed by atoms with Crippen LogP contribution in [0.15, 0.2) is 77.1 Å². The molecule has 0 aliphatic heterocycles. The van der Waals surface area contributed by atoms with E-state index in [-0.39, 0.29) is 0 Å². The molecule has 0 bridgehead atoms. The Hall–Kier alpha value is -3.00. The predicted molar refractivity (Wildman–Crippen MR) is 194 cm³/mol. The predicted octanol–water partition coefficient (Wildman–Crippen LogP) is 13.8. The lowest BCUT2D eigenvalue weighted by Gasteiger charge is -2.17. The number of nitrogens with zero attached hydrogens (tertiary/aromatic N) is 2. The molecule has 0 amide bonds. The molecule has 0 saturated heterocycles. The summed E-state index contributed by atoms with van der Waals surface area (Å²) in [6.45, 7) is 9.09. The van der Waals surface area contributed by atoms with Crippen LogP contribution < -0.4 is 0 Å². The van der Waals surface area contributed by atoms with Gasteiger partial charge in [0, 0.05) is 0 Å². The van der Waals surface area contributed by atoms with Crippen molar-refractivity contribution in [2.75, 3.05) is 0 Å². The van der Waals surface area contributed by atoms with E-state index >= 15 is 0 Å². The first kappa shape index (κ1) is 35.5. The highest BCUT2D eigenvalue weighted by Gasteiger charge is 2.12. The van der Waals surface area contributed by atoms with Crippen LogP contribution in [0, 0.1) is 0 Å². The van der Waals surface area contributed by atoms with Crippen molar-refractivity contribution in [3.63, 3.8) is 0 Å². The molecular formula is C42H60N2. The van der Waals surface area contributed by atoms with Crippen LogP contribution in [0.5, 0.6) is 0 Å². The number of aryl methyl sites for hydroxylation is 3. The van der Waals surface area contributed by atoms with Gasteiger partial charge < -0.3 is 0 Å². The Bertz CT molecular complexity index is 1250. The van der Waals surface area contributed by atoms with Crippen LogP contribution in [0.1, 0.15) is 145 Å². The number of azo groups is 1. The Morgan fingerprint density at radius 2 is 1.20 bits per heavy atom. The largest absolute Gasteiger partial charge is 0.159 e. The van der Waals surface area contributed by atoms with Gasteiger partial charge in [-0.25, -0.2) is 0 Å². The van der Waals surface area contributed by atoms with E-state index in [1.807, 2.05) is 6.20 Å². The standard InChI is InChI=1S/C42H60N2/c1-5-9-12-14-16-19-23-36-30-35(8-4)32-40(33-36)44-43-29-28-37-31-39(24-11-7-3)41(27-22-17-15-13-10-6-2)42(34-37)38-25-20-18-21-26-38/h18,20-21,25-26,28-34H,5-17,19,22-24,27H2,1-4H3. The second-order valence-corrected chi connectivity index (χ2v) is 12.6. The molecule has 3 aromatic rings. The zero-order chi connectivity index (χ0) is 31.2. The third kappa shape index (κ3) is 12.9. The van der Waals surface area contributed by atoms with Gasteiger partial charge in [0.05, 0.1) is 11.9 Å². The summed E-state index contributed by atoms with van der Waals surface area (Å²) in [6.07, 6.45) is 26.8. The minimum absolute atomic E-state index is 0.970. The van der Waals surface area contributed by atoms with Crippen LogP contribution in [0.4, 0.5) is 5.69 Å². The summed E-state index contributed by atoms with van der Waals surface area (Å²) in [7, 11) is 0. The van der Waals surface area contributed by atoms with Crippen molar-refractivity contribution < 1.29 is 0 Å². The highest BCUT2D eigenvalue weighted by molar-refractivity contribution is 5.72. The summed E-state index contributed by atoms with van der Waals surface area (Å²) in [5, 5.41) is 9.17. The zero-order valence-electron chi connectivity index (χ0n) is 28.6. The molecule has 0 atom stereocenters.